The summed E-state index contributed by atoms with van der Waals surface area (Å²) in [6.07, 6.45) is 1.44. The van der Waals surface area contributed by atoms with Crippen LogP contribution in [-0.2, 0) is 6.61 Å². The van der Waals surface area contributed by atoms with Crippen molar-refractivity contribution in [2.45, 2.75) is 19.6 Å². The Hall–Kier alpha value is -3.28. The monoisotopic (exact) mass is 369 g/mol. The van der Waals surface area contributed by atoms with Gasteiger partial charge in [-0.05, 0) is 42.8 Å². The van der Waals surface area contributed by atoms with Crippen LogP contribution in [-0.4, -0.2) is 13.0 Å². The second-order valence-corrected chi connectivity index (χ2v) is 5.97. The van der Waals surface area contributed by atoms with Gasteiger partial charge in [0.15, 0.2) is 17.3 Å². The van der Waals surface area contributed by atoms with E-state index in [-0.39, 0.29) is 18.1 Å². The predicted octanol–water partition coefficient (Wildman–Crippen LogP) is 4.50. The van der Waals surface area contributed by atoms with Crippen LogP contribution >= 0.6 is 0 Å². The van der Waals surface area contributed by atoms with Crippen molar-refractivity contribution in [2.24, 2.45) is 0 Å². The highest BCUT2D eigenvalue weighted by Crippen LogP contribution is 2.22. The lowest BCUT2D eigenvalue weighted by molar-refractivity contribution is 0.0908. The molecule has 0 aliphatic carbocycles. The number of carbonyl (C=O) groups excluding carboxylic acids is 1. The summed E-state index contributed by atoms with van der Waals surface area (Å²) >= 11 is 0. The van der Waals surface area contributed by atoms with Crippen molar-refractivity contribution < 1.29 is 23.1 Å². The Morgan fingerprint density at radius 3 is 2.67 bits per heavy atom. The molecule has 6 heteroatoms. The molecule has 5 nitrogen and oxygen atoms in total. The average molecular weight is 369 g/mol. The molecule has 1 atom stereocenters. The number of halogens is 1. The van der Waals surface area contributed by atoms with E-state index in [1.54, 1.807) is 19.1 Å². The summed E-state index contributed by atoms with van der Waals surface area (Å²) in [5.74, 6) is 0.156. The van der Waals surface area contributed by atoms with Gasteiger partial charge in [-0.2, -0.15) is 0 Å². The molecule has 1 N–H and O–H groups in total. The Kier molecular flexibility index (Phi) is 5.76. The first-order valence-corrected chi connectivity index (χ1v) is 8.47. The van der Waals surface area contributed by atoms with Crippen molar-refractivity contribution >= 4 is 5.91 Å². The van der Waals surface area contributed by atoms with Crippen LogP contribution in [0.1, 0.15) is 34.6 Å². The van der Waals surface area contributed by atoms with Crippen molar-refractivity contribution in [2.75, 3.05) is 7.11 Å². The largest absolute Gasteiger partial charge is 0.494 e. The fourth-order valence-electron chi connectivity index (χ4n) is 2.62. The van der Waals surface area contributed by atoms with Gasteiger partial charge >= 0.3 is 0 Å². The second kappa shape index (κ2) is 8.40. The van der Waals surface area contributed by atoms with E-state index in [1.165, 1.54) is 25.5 Å². The molecule has 140 valence electrons. The minimum Gasteiger partial charge on any atom is -0.494 e. The molecule has 0 aliphatic rings. The number of hydrogen-bond acceptors (Lipinski definition) is 4. The number of amides is 1. The van der Waals surface area contributed by atoms with E-state index in [2.05, 4.69) is 5.32 Å². The molecular formula is C21H20FNO4. The van der Waals surface area contributed by atoms with Crippen molar-refractivity contribution in [1.82, 2.24) is 5.32 Å². The number of methoxy groups -OCH3 is 1. The van der Waals surface area contributed by atoms with Crippen LogP contribution in [0.3, 0.4) is 0 Å². The quantitative estimate of drug-likeness (QED) is 0.666. The molecule has 1 amide bonds. The van der Waals surface area contributed by atoms with Crippen molar-refractivity contribution in [3.63, 3.8) is 0 Å². The number of carbonyl (C=O) groups is 1. The van der Waals surface area contributed by atoms with E-state index in [4.69, 9.17) is 13.9 Å². The molecule has 0 saturated carbocycles. The van der Waals surface area contributed by atoms with Crippen LogP contribution in [0.15, 0.2) is 65.3 Å². The fourth-order valence-corrected chi connectivity index (χ4v) is 2.62. The highest BCUT2D eigenvalue weighted by Gasteiger charge is 2.19. The van der Waals surface area contributed by atoms with E-state index in [0.29, 0.717) is 16.9 Å². The maximum atomic E-state index is 13.9. The summed E-state index contributed by atoms with van der Waals surface area (Å²) in [4.78, 5) is 12.6. The highest BCUT2D eigenvalue weighted by molar-refractivity contribution is 5.93. The molecule has 2 aromatic carbocycles. The number of hydrogen-bond donors (Lipinski definition) is 1. The van der Waals surface area contributed by atoms with Crippen molar-refractivity contribution in [3.8, 4) is 11.5 Å². The summed E-state index contributed by atoms with van der Waals surface area (Å²) in [7, 11) is 1.40. The van der Waals surface area contributed by atoms with Crippen LogP contribution < -0.4 is 14.8 Å². The Bertz CT molecular complexity index is 908. The smallest absolute Gasteiger partial charge is 0.287 e. The van der Waals surface area contributed by atoms with E-state index in [9.17, 15) is 9.18 Å². The SMILES string of the molecule is COc1ccc(C(C)NC(=O)c2occc2COc2ccccc2)cc1F. The first-order chi connectivity index (χ1) is 13.1. The Morgan fingerprint density at radius 1 is 1.19 bits per heavy atom. The van der Waals surface area contributed by atoms with Crippen LogP contribution in [0, 0.1) is 5.82 Å². The van der Waals surface area contributed by atoms with Crippen molar-refractivity contribution in [1.29, 1.82) is 0 Å². The van der Waals surface area contributed by atoms with Gasteiger partial charge < -0.3 is 19.2 Å². The topological polar surface area (TPSA) is 60.7 Å². The Morgan fingerprint density at radius 2 is 1.96 bits per heavy atom. The molecule has 27 heavy (non-hydrogen) atoms. The Balaban J connectivity index is 1.66. The third kappa shape index (κ3) is 4.47. The molecule has 1 heterocycles. The molecule has 3 aromatic rings. The summed E-state index contributed by atoms with van der Waals surface area (Å²) in [5, 5.41) is 2.81. The number of nitrogens with one attached hydrogen (secondary N) is 1. The highest BCUT2D eigenvalue weighted by atomic mass is 19.1. The number of benzene rings is 2. The number of furan rings is 1. The normalized spacial score (nSPS) is 11.7. The first kappa shape index (κ1) is 18.5. The molecular weight excluding hydrogens is 349 g/mol. The summed E-state index contributed by atoms with van der Waals surface area (Å²) in [5.41, 5.74) is 1.25. The van der Waals surface area contributed by atoms with E-state index < -0.39 is 17.8 Å². The minimum atomic E-state index is -0.481. The molecule has 0 fully saturated rings. The average Bonchev–Trinajstić information content (AvgIpc) is 3.16. The third-order valence-corrected chi connectivity index (χ3v) is 4.11. The van der Waals surface area contributed by atoms with Gasteiger partial charge in [-0.25, -0.2) is 4.39 Å². The van der Waals surface area contributed by atoms with Crippen LogP contribution in [0.5, 0.6) is 11.5 Å². The van der Waals surface area contributed by atoms with Gasteiger partial charge in [0.1, 0.15) is 12.4 Å². The summed E-state index contributed by atoms with van der Waals surface area (Å²) in [6, 6.07) is 15.1. The minimum absolute atomic E-state index is 0.156. The lowest BCUT2D eigenvalue weighted by Crippen LogP contribution is -2.27. The standard InChI is InChI=1S/C21H20FNO4/c1-14(15-8-9-19(25-2)18(22)12-15)23-21(24)20-16(10-11-26-20)13-27-17-6-4-3-5-7-17/h3-12,14H,13H2,1-2H3,(H,23,24). The lowest BCUT2D eigenvalue weighted by atomic mass is 10.1. The molecule has 3 rings (SSSR count). The van der Waals surface area contributed by atoms with Gasteiger partial charge in [-0.1, -0.05) is 24.3 Å². The van der Waals surface area contributed by atoms with Gasteiger partial charge in [0, 0.05) is 5.56 Å². The maximum absolute atomic E-state index is 13.9. The Labute approximate surface area is 156 Å². The molecule has 0 saturated heterocycles. The molecule has 0 radical (unpaired) electrons. The zero-order valence-electron chi connectivity index (χ0n) is 15.1. The van der Waals surface area contributed by atoms with E-state index >= 15 is 0 Å². The molecule has 1 aromatic heterocycles. The zero-order chi connectivity index (χ0) is 19.2. The number of ether oxygens (including phenoxy) is 2. The van der Waals surface area contributed by atoms with Gasteiger partial charge in [0.05, 0.1) is 19.4 Å². The summed E-state index contributed by atoms with van der Waals surface area (Å²) < 4.78 is 29.8. The van der Waals surface area contributed by atoms with E-state index in [1.807, 2.05) is 30.3 Å². The van der Waals surface area contributed by atoms with Crippen LogP contribution in [0.2, 0.25) is 0 Å². The molecule has 0 aliphatic heterocycles. The van der Waals surface area contributed by atoms with Gasteiger partial charge in [-0.15, -0.1) is 0 Å². The van der Waals surface area contributed by atoms with Crippen LogP contribution in [0.25, 0.3) is 0 Å². The molecule has 1 unspecified atom stereocenters. The third-order valence-electron chi connectivity index (χ3n) is 4.11. The van der Waals surface area contributed by atoms with E-state index in [0.717, 1.165) is 0 Å². The predicted molar refractivity (Wildman–Crippen MR) is 98.3 cm³/mol. The lowest BCUT2D eigenvalue weighted by Gasteiger charge is -2.15. The first-order valence-electron chi connectivity index (χ1n) is 8.47. The van der Waals surface area contributed by atoms with Gasteiger partial charge in [0.2, 0.25) is 0 Å². The fraction of sp³-hybridized carbons (Fsp3) is 0.190. The van der Waals surface area contributed by atoms with Crippen LogP contribution in [0.4, 0.5) is 4.39 Å². The summed E-state index contributed by atoms with van der Waals surface area (Å²) in [6.45, 7) is 1.97. The molecule has 0 spiro atoms. The van der Waals surface area contributed by atoms with Gasteiger partial charge in [0.25, 0.3) is 5.91 Å². The van der Waals surface area contributed by atoms with Crippen molar-refractivity contribution in [3.05, 3.63) is 83.6 Å². The maximum Gasteiger partial charge on any atom is 0.287 e. The second-order valence-electron chi connectivity index (χ2n) is 5.97. The zero-order valence-corrected chi connectivity index (χ0v) is 15.1. The number of para-hydroxylation sites is 1. The number of rotatable bonds is 7. The molecule has 0 bridgehead atoms. The van der Waals surface area contributed by atoms with Gasteiger partial charge in [-0.3, -0.25) is 4.79 Å².